The van der Waals surface area contributed by atoms with E-state index in [4.69, 9.17) is 34.8 Å². The summed E-state index contributed by atoms with van der Waals surface area (Å²) < 4.78 is 22.5. The Morgan fingerprint density at radius 3 is 2.25 bits per heavy atom. The Morgan fingerprint density at radius 1 is 1.20 bits per heavy atom. The molecule has 20 heavy (non-hydrogen) atoms. The van der Waals surface area contributed by atoms with Crippen molar-refractivity contribution >= 4 is 44.6 Å². The molecular formula is C13H18Cl3NO2S. The van der Waals surface area contributed by atoms with Crippen LogP contribution >= 0.6 is 34.8 Å². The quantitative estimate of drug-likeness (QED) is 0.805. The summed E-state index contributed by atoms with van der Waals surface area (Å²) in [6.45, 7) is 5.56. The lowest BCUT2D eigenvalue weighted by Crippen LogP contribution is -2.42. The normalized spacial score (nSPS) is 14.3. The summed E-state index contributed by atoms with van der Waals surface area (Å²) in [7, 11) is -3.15. The maximum atomic E-state index is 11.7. The lowest BCUT2D eigenvalue weighted by molar-refractivity contribution is 0.489. The number of nitrogens with one attached hydrogen (secondary N) is 1. The first-order valence-corrected chi connectivity index (χ1v) is 9.06. The summed E-state index contributed by atoms with van der Waals surface area (Å²) in [5.74, 6) is 0. The molecule has 0 aliphatic heterocycles. The molecule has 1 aromatic rings. The number of halogens is 3. The van der Waals surface area contributed by atoms with E-state index in [0.717, 1.165) is 5.56 Å². The molecule has 1 atom stereocenters. The molecule has 0 aliphatic rings. The Balaban J connectivity index is 2.89. The average molecular weight is 359 g/mol. The Bertz CT molecular complexity index is 600. The second-order valence-corrected chi connectivity index (χ2v) is 9.21. The Hall–Kier alpha value is -0.000000000000000167. The number of sulfone groups is 1. The van der Waals surface area contributed by atoms with Gasteiger partial charge in [0, 0.05) is 18.8 Å². The molecule has 1 aromatic carbocycles. The van der Waals surface area contributed by atoms with E-state index < -0.39 is 14.6 Å². The van der Waals surface area contributed by atoms with Gasteiger partial charge in [-0.25, -0.2) is 8.42 Å². The Morgan fingerprint density at radius 2 is 1.75 bits per heavy atom. The van der Waals surface area contributed by atoms with Gasteiger partial charge in [0.1, 0.15) is 0 Å². The van der Waals surface area contributed by atoms with Gasteiger partial charge in [-0.1, -0.05) is 40.9 Å². The first-order chi connectivity index (χ1) is 8.97. The van der Waals surface area contributed by atoms with E-state index in [2.05, 4.69) is 5.32 Å². The van der Waals surface area contributed by atoms with E-state index in [1.54, 1.807) is 26.0 Å². The molecule has 0 saturated heterocycles. The zero-order chi connectivity index (χ0) is 15.7. The lowest BCUT2D eigenvalue weighted by Gasteiger charge is -2.26. The summed E-state index contributed by atoms with van der Waals surface area (Å²) >= 11 is 18.0. The van der Waals surface area contributed by atoms with Crippen LogP contribution in [-0.4, -0.2) is 26.0 Å². The fraction of sp³-hybridized carbons (Fsp3) is 0.538. The van der Waals surface area contributed by atoms with Gasteiger partial charge in [-0.15, -0.1) is 0 Å². The highest BCUT2D eigenvalue weighted by Gasteiger charge is 2.30. The van der Waals surface area contributed by atoms with Gasteiger partial charge in [-0.05, 0) is 32.4 Å². The van der Waals surface area contributed by atoms with E-state index in [1.165, 1.54) is 6.26 Å². The molecule has 0 aromatic heterocycles. The number of benzene rings is 1. The highest BCUT2D eigenvalue weighted by Crippen LogP contribution is 2.35. The Labute approximate surface area is 135 Å². The second-order valence-electron chi connectivity index (χ2n) is 5.40. The molecule has 7 heteroatoms. The molecule has 0 fully saturated rings. The van der Waals surface area contributed by atoms with Crippen molar-refractivity contribution in [3.8, 4) is 0 Å². The topological polar surface area (TPSA) is 46.2 Å². The fourth-order valence-electron chi connectivity index (χ4n) is 1.52. The highest BCUT2D eigenvalue weighted by atomic mass is 35.5. The highest BCUT2D eigenvalue weighted by molar-refractivity contribution is 7.92. The molecule has 0 aliphatic carbocycles. The molecule has 0 amide bonds. The predicted molar refractivity (Wildman–Crippen MR) is 86.8 cm³/mol. The molecule has 1 rings (SSSR count). The van der Waals surface area contributed by atoms with Gasteiger partial charge in [0.2, 0.25) is 0 Å². The van der Waals surface area contributed by atoms with Crippen molar-refractivity contribution < 1.29 is 8.42 Å². The fourth-order valence-corrected chi connectivity index (χ4v) is 2.57. The van der Waals surface area contributed by atoms with Crippen LogP contribution < -0.4 is 5.32 Å². The maximum Gasteiger partial charge on any atom is 0.153 e. The summed E-state index contributed by atoms with van der Waals surface area (Å²) in [6.07, 6.45) is 1.23. The zero-order valence-corrected chi connectivity index (χ0v) is 14.9. The van der Waals surface area contributed by atoms with Gasteiger partial charge >= 0.3 is 0 Å². The Kier molecular flexibility index (Phi) is 5.78. The van der Waals surface area contributed by atoms with Crippen LogP contribution in [-0.2, 0) is 9.84 Å². The molecule has 1 unspecified atom stereocenters. The molecule has 0 saturated carbocycles. The van der Waals surface area contributed by atoms with E-state index in [-0.39, 0.29) is 6.04 Å². The number of rotatable bonds is 5. The number of hydrogen-bond donors (Lipinski definition) is 1. The van der Waals surface area contributed by atoms with Gasteiger partial charge in [0.15, 0.2) is 9.84 Å². The first kappa shape index (κ1) is 18.1. The van der Waals surface area contributed by atoms with Gasteiger partial charge in [0.25, 0.3) is 0 Å². The first-order valence-electron chi connectivity index (χ1n) is 6.04. The minimum atomic E-state index is -3.15. The van der Waals surface area contributed by atoms with Crippen molar-refractivity contribution in [2.75, 3.05) is 12.8 Å². The zero-order valence-electron chi connectivity index (χ0n) is 11.8. The van der Waals surface area contributed by atoms with Crippen molar-refractivity contribution in [3.63, 3.8) is 0 Å². The SMILES string of the molecule is CC(NCC(C)(C)S(C)(=O)=O)c1ccc(Cl)c(Cl)c1Cl. The summed E-state index contributed by atoms with van der Waals surface area (Å²) in [4.78, 5) is 0. The molecular weight excluding hydrogens is 341 g/mol. The average Bonchev–Trinajstić information content (AvgIpc) is 2.32. The van der Waals surface area contributed by atoms with Gasteiger partial charge < -0.3 is 5.32 Å². The van der Waals surface area contributed by atoms with E-state index in [1.807, 2.05) is 6.92 Å². The van der Waals surface area contributed by atoms with Crippen LogP contribution in [0, 0.1) is 0 Å². The van der Waals surface area contributed by atoms with Crippen molar-refractivity contribution in [1.82, 2.24) is 5.32 Å². The van der Waals surface area contributed by atoms with Crippen molar-refractivity contribution in [2.24, 2.45) is 0 Å². The standard InChI is InChI=1S/C13H18Cl3NO2S/c1-8(17-7-13(2,3)20(4,18)19)9-5-6-10(14)12(16)11(9)15/h5-6,8,17H,7H2,1-4H3. The van der Waals surface area contributed by atoms with E-state index in [9.17, 15) is 8.42 Å². The largest absolute Gasteiger partial charge is 0.309 e. The maximum absolute atomic E-state index is 11.7. The van der Waals surface area contributed by atoms with Crippen LogP contribution in [0.15, 0.2) is 12.1 Å². The third kappa shape index (κ3) is 4.01. The van der Waals surface area contributed by atoms with Crippen molar-refractivity contribution in [1.29, 1.82) is 0 Å². The summed E-state index contributed by atoms with van der Waals surface area (Å²) in [6, 6.07) is 3.31. The van der Waals surface area contributed by atoms with Crippen LogP contribution in [0.25, 0.3) is 0 Å². The molecule has 0 heterocycles. The molecule has 0 radical (unpaired) electrons. The molecule has 114 valence electrons. The number of hydrogen-bond acceptors (Lipinski definition) is 3. The van der Waals surface area contributed by atoms with Crippen LogP contribution in [0.5, 0.6) is 0 Å². The molecule has 0 spiro atoms. The predicted octanol–water partition coefficient (Wildman–Crippen LogP) is 4.12. The third-order valence-corrected chi connectivity index (χ3v) is 6.83. The second kappa shape index (κ2) is 6.41. The molecule has 3 nitrogen and oxygen atoms in total. The smallest absolute Gasteiger partial charge is 0.153 e. The van der Waals surface area contributed by atoms with E-state index in [0.29, 0.717) is 21.6 Å². The third-order valence-electron chi connectivity index (χ3n) is 3.37. The summed E-state index contributed by atoms with van der Waals surface area (Å²) in [5.41, 5.74) is 0.783. The molecule has 1 N–H and O–H groups in total. The lowest BCUT2D eigenvalue weighted by atomic mass is 10.1. The van der Waals surface area contributed by atoms with Crippen LogP contribution in [0.1, 0.15) is 32.4 Å². The van der Waals surface area contributed by atoms with Crippen LogP contribution in [0.4, 0.5) is 0 Å². The minimum absolute atomic E-state index is 0.140. The molecule has 0 bridgehead atoms. The van der Waals surface area contributed by atoms with Crippen LogP contribution in [0.3, 0.4) is 0 Å². The van der Waals surface area contributed by atoms with Gasteiger partial charge in [0.05, 0.1) is 19.8 Å². The van der Waals surface area contributed by atoms with Gasteiger partial charge in [-0.3, -0.25) is 0 Å². The minimum Gasteiger partial charge on any atom is -0.309 e. The van der Waals surface area contributed by atoms with Crippen LogP contribution in [0.2, 0.25) is 15.1 Å². The van der Waals surface area contributed by atoms with Crippen molar-refractivity contribution in [3.05, 3.63) is 32.8 Å². The van der Waals surface area contributed by atoms with E-state index >= 15 is 0 Å². The monoisotopic (exact) mass is 357 g/mol. The summed E-state index contributed by atoms with van der Waals surface area (Å²) in [5, 5.41) is 4.25. The van der Waals surface area contributed by atoms with Crippen molar-refractivity contribution in [2.45, 2.75) is 31.6 Å². The van der Waals surface area contributed by atoms with Gasteiger partial charge in [-0.2, -0.15) is 0 Å².